The Hall–Kier alpha value is -4.46. The Morgan fingerprint density at radius 3 is 2.12 bits per heavy atom. The Morgan fingerprint density at radius 1 is 0.634 bits per heavy atom. The number of fused-ring (bicyclic) bond motifs is 6. The predicted octanol–water partition coefficient (Wildman–Crippen LogP) is 12.1. The lowest BCUT2D eigenvalue weighted by Gasteiger charge is -2.18. The second kappa shape index (κ2) is 11.2. The van der Waals surface area contributed by atoms with E-state index < -0.39 is 0 Å². The molecule has 0 N–H and O–H groups in total. The summed E-state index contributed by atoms with van der Waals surface area (Å²) in [7, 11) is 0. The molecule has 0 unspecified atom stereocenters. The third kappa shape index (κ3) is 4.88. The highest BCUT2D eigenvalue weighted by molar-refractivity contribution is 7.19. The van der Waals surface area contributed by atoms with Crippen LogP contribution in [0, 0.1) is 27.7 Å². The van der Waals surface area contributed by atoms with Gasteiger partial charge < -0.3 is 0 Å². The Balaban J connectivity index is 0.000000172. The Labute approximate surface area is 246 Å². The molecule has 0 nitrogen and oxygen atoms in total. The lowest BCUT2D eigenvalue weighted by molar-refractivity contribution is 1.44. The van der Waals surface area contributed by atoms with Gasteiger partial charge in [0.1, 0.15) is 0 Å². The van der Waals surface area contributed by atoms with Gasteiger partial charge in [0.15, 0.2) is 0 Å². The number of rotatable bonds is 3. The fourth-order valence-corrected chi connectivity index (χ4v) is 7.09. The van der Waals surface area contributed by atoms with E-state index in [1.54, 1.807) is 0 Å². The summed E-state index contributed by atoms with van der Waals surface area (Å²) in [6.07, 6.45) is 5.95. The van der Waals surface area contributed by atoms with Crippen LogP contribution in [0.1, 0.15) is 27.1 Å². The van der Waals surface area contributed by atoms with Crippen molar-refractivity contribution in [3.8, 4) is 11.1 Å². The van der Waals surface area contributed by atoms with Gasteiger partial charge in [-0.2, -0.15) is 0 Å². The Bertz CT molecular complexity index is 2100. The standard InChI is InChI=1S/C26H20.C14H14S/c1-17-9-3-5-11-20(17)25-18(2)21-12-7-8-14-23(21)26-22-13-6-4-10-19(22)15-16-24(25)26;1-4-5-6-12-11(3)15-14-8-7-10(2)9-13(12)14/h3-16H,1-2H3;4-9H,1H2,2-3H3/b;6-5-. The zero-order chi connectivity index (χ0) is 28.5. The molecule has 7 aromatic rings. The zero-order valence-corrected chi connectivity index (χ0v) is 25.0. The zero-order valence-electron chi connectivity index (χ0n) is 24.2. The molecular formula is C40H34S. The van der Waals surface area contributed by atoms with Gasteiger partial charge in [0, 0.05) is 15.0 Å². The van der Waals surface area contributed by atoms with Crippen LogP contribution < -0.4 is 0 Å². The van der Waals surface area contributed by atoms with Gasteiger partial charge in [0.25, 0.3) is 0 Å². The lowest BCUT2D eigenvalue weighted by Crippen LogP contribution is -1.92. The molecule has 0 aliphatic heterocycles. The molecule has 1 heteroatoms. The molecule has 0 atom stereocenters. The summed E-state index contributed by atoms with van der Waals surface area (Å²) in [5.41, 5.74) is 8.02. The summed E-state index contributed by atoms with van der Waals surface area (Å²) < 4.78 is 1.36. The monoisotopic (exact) mass is 546 g/mol. The lowest BCUT2D eigenvalue weighted by atomic mass is 9.85. The summed E-state index contributed by atoms with van der Waals surface area (Å²) >= 11 is 1.85. The van der Waals surface area contributed by atoms with Gasteiger partial charge in [0.05, 0.1) is 0 Å². The molecule has 0 saturated carbocycles. The second-order valence-electron chi connectivity index (χ2n) is 10.7. The summed E-state index contributed by atoms with van der Waals surface area (Å²) in [5, 5.41) is 9.37. The van der Waals surface area contributed by atoms with Crippen LogP contribution in [0.5, 0.6) is 0 Å². The first-order valence-electron chi connectivity index (χ1n) is 14.2. The minimum absolute atomic E-state index is 1.30. The van der Waals surface area contributed by atoms with E-state index in [0.29, 0.717) is 0 Å². The molecule has 0 radical (unpaired) electrons. The van der Waals surface area contributed by atoms with E-state index >= 15 is 0 Å². The molecule has 200 valence electrons. The number of hydrogen-bond acceptors (Lipinski definition) is 1. The first-order valence-corrected chi connectivity index (χ1v) is 15.0. The van der Waals surface area contributed by atoms with Crippen molar-refractivity contribution in [2.75, 3.05) is 0 Å². The van der Waals surface area contributed by atoms with Gasteiger partial charge in [-0.25, -0.2) is 0 Å². The number of thiophene rings is 1. The third-order valence-electron chi connectivity index (χ3n) is 8.05. The van der Waals surface area contributed by atoms with Gasteiger partial charge in [-0.1, -0.05) is 121 Å². The van der Waals surface area contributed by atoms with Crippen LogP contribution in [0.3, 0.4) is 0 Å². The maximum Gasteiger partial charge on any atom is 0.0351 e. The van der Waals surface area contributed by atoms with Gasteiger partial charge >= 0.3 is 0 Å². The van der Waals surface area contributed by atoms with Crippen LogP contribution in [0.25, 0.3) is 59.6 Å². The first kappa shape index (κ1) is 26.7. The number of aryl methyl sites for hydroxylation is 4. The molecule has 0 aliphatic rings. The Kier molecular flexibility index (Phi) is 7.30. The summed E-state index contributed by atoms with van der Waals surface area (Å²) in [4.78, 5) is 1.37. The van der Waals surface area contributed by atoms with E-state index in [-0.39, 0.29) is 0 Å². The van der Waals surface area contributed by atoms with E-state index in [4.69, 9.17) is 0 Å². The largest absolute Gasteiger partial charge is 0.140 e. The molecule has 41 heavy (non-hydrogen) atoms. The number of hydrogen-bond donors (Lipinski definition) is 0. The molecule has 1 aromatic heterocycles. The van der Waals surface area contributed by atoms with E-state index in [2.05, 4.69) is 143 Å². The second-order valence-corrected chi connectivity index (χ2v) is 12.0. The van der Waals surface area contributed by atoms with Crippen LogP contribution in [-0.2, 0) is 0 Å². The van der Waals surface area contributed by atoms with Crippen molar-refractivity contribution < 1.29 is 0 Å². The minimum Gasteiger partial charge on any atom is -0.140 e. The highest BCUT2D eigenvalue weighted by Crippen LogP contribution is 2.42. The minimum atomic E-state index is 1.30. The topological polar surface area (TPSA) is 0 Å². The molecule has 0 fully saturated rings. The van der Waals surface area contributed by atoms with Gasteiger partial charge in [-0.15, -0.1) is 11.3 Å². The van der Waals surface area contributed by atoms with Crippen LogP contribution >= 0.6 is 11.3 Å². The average Bonchev–Trinajstić information content (AvgIpc) is 3.30. The summed E-state index contributed by atoms with van der Waals surface area (Å²) in [5.74, 6) is 0. The maximum absolute atomic E-state index is 3.70. The van der Waals surface area contributed by atoms with E-state index in [1.165, 1.54) is 80.7 Å². The molecule has 0 bridgehead atoms. The van der Waals surface area contributed by atoms with Crippen LogP contribution in [0.2, 0.25) is 0 Å². The van der Waals surface area contributed by atoms with Crippen LogP contribution in [0.15, 0.2) is 122 Å². The fraction of sp³-hybridized carbons (Fsp3) is 0.100. The van der Waals surface area contributed by atoms with Crippen molar-refractivity contribution in [1.29, 1.82) is 0 Å². The fourth-order valence-electron chi connectivity index (χ4n) is 6.06. The van der Waals surface area contributed by atoms with E-state index in [1.807, 2.05) is 23.5 Å². The van der Waals surface area contributed by atoms with Gasteiger partial charge in [-0.3, -0.25) is 0 Å². The SMILES string of the molecule is C=C/C=C\c1c(C)sc2ccc(C)cc12.Cc1ccccc1-c1c(C)c2ccccc2c2c1ccc1ccccc12. The third-order valence-corrected chi connectivity index (χ3v) is 9.16. The quantitative estimate of drug-likeness (QED) is 0.153. The average molecular weight is 547 g/mol. The van der Waals surface area contributed by atoms with Crippen molar-refractivity contribution in [3.63, 3.8) is 0 Å². The summed E-state index contributed by atoms with van der Waals surface area (Å²) in [6.45, 7) is 12.5. The van der Waals surface area contributed by atoms with Crippen molar-refractivity contribution >= 4 is 59.8 Å². The van der Waals surface area contributed by atoms with Crippen LogP contribution in [0.4, 0.5) is 0 Å². The number of benzene rings is 6. The number of allylic oxidation sites excluding steroid dienone is 2. The molecule has 1 heterocycles. The van der Waals surface area contributed by atoms with Gasteiger partial charge in [-0.05, 0) is 100.0 Å². The highest BCUT2D eigenvalue weighted by atomic mass is 32.1. The highest BCUT2D eigenvalue weighted by Gasteiger charge is 2.16. The first-order chi connectivity index (χ1) is 20.0. The van der Waals surface area contributed by atoms with E-state index in [0.717, 1.165) is 0 Å². The molecule has 7 rings (SSSR count). The molecule has 0 aliphatic carbocycles. The van der Waals surface area contributed by atoms with E-state index in [9.17, 15) is 0 Å². The summed E-state index contributed by atoms with van der Waals surface area (Å²) in [6, 6.07) is 37.4. The van der Waals surface area contributed by atoms with Crippen molar-refractivity contribution in [3.05, 3.63) is 149 Å². The Morgan fingerprint density at radius 2 is 1.34 bits per heavy atom. The van der Waals surface area contributed by atoms with Gasteiger partial charge in [0.2, 0.25) is 0 Å². The molecule has 0 spiro atoms. The molecular weight excluding hydrogens is 513 g/mol. The van der Waals surface area contributed by atoms with Crippen LogP contribution in [-0.4, -0.2) is 0 Å². The maximum atomic E-state index is 3.70. The molecule has 0 amide bonds. The smallest absolute Gasteiger partial charge is 0.0351 e. The molecule has 6 aromatic carbocycles. The van der Waals surface area contributed by atoms with Crippen molar-refractivity contribution in [2.24, 2.45) is 0 Å². The van der Waals surface area contributed by atoms with Crippen molar-refractivity contribution in [1.82, 2.24) is 0 Å². The normalized spacial score (nSPS) is 11.4. The van der Waals surface area contributed by atoms with Crippen molar-refractivity contribution in [2.45, 2.75) is 27.7 Å². The molecule has 0 saturated heterocycles. The predicted molar refractivity (Wildman–Crippen MR) is 184 cm³/mol.